The molecule has 0 bridgehead atoms. The van der Waals surface area contributed by atoms with Gasteiger partial charge < -0.3 is 5.32 Å². The van der Waals surface area contributed by atoms with Crippen LogP contribution in [0, 0.1) is 24.0 Å². The second kappa shape index (κ2) is 7.78. The zero-order chi connectivity index (χ0) is 16.8. The lowest BCUT2D eigenvalue weighted by molar-refractivity contribution is -0.384. The summed E-state index contributed by atoms with van der Waals surface area (Å²) in [5, 5.41) is 13.5. The zero-order valence-corrected chi connectivity index (χ0v) is 13.9. The smallest absolute Gasteiger partial charge is 0.271 e. The van der Waals surface area contributed by atoms with Gasteiger partial charge in [-0.3, -0.25) is 14.9 Å². The topological polar surface area (TPSA) is 72.2 Å². The van der Waals surface area contributed by atoms with Gasteiger partial charge in [-0.2, -0.15) is 0 Å². The van der Waals surface area contributed by atoms with Crippen LogP contribution >= 0.6 is 11.8 Å². The molecule has 1 N–H and O–H groups in total. The van der Waals surface area contributed by atoms with Crippen molar-refractivity contribution in [1.29, 1.82) is 0 Å². The molecule has 0 fully saturated rings. The molecule has 23 heavy (non-hydrogen) atoms. The Morgan fingerprint density at radius 2 is 2.00 bits per heavy atom. The summed E-state index contributed by atoms with van der Waals surface area (Å²) < 4.78 is 0. The SMILES string of the molecule is Cc1cccc(CSCC(=O)Nc2cc([N+](=O)[O-])ccc2C)c1. The maximum absolute atomic E-state index is 12.0. The summed E-state index contributed by atoms with van der Waals surface area (Å²) in [6.45, 7) is 3.84. The molecule has 0 aromatic heterocycles. The van der Waals surface area contributed by atoms with Crippen LogP contribution < -0.4 is 5.32 Å². The molecule has 120 valence electrons. The van der Waals surface area contributed by atoms with E-state index in [1.54, 1.807) is 13.0 Å². The summed E-state index contributed by atoms with van der Waals surface area (Å²) in [5.74, 6) is 0.894. The highest BCUT2D eigenvalue weighted by molar-refractivity contribution is 7.99. The Balaban J connectivity index is 1.90. The number of nitrogens with one attached hydrogen (secondary N) is 1. The van der Waals surface area contributed by atoms with Gasteiger partial charge >= 0.3 is 0 Å². The molecular formula is C17H18N2O3S. The average Bonchev–Trinajstić information content (AvgIpc) is 2.49. The first kappa shape index (κ1) is 17.0. The lowest BCUT2D eigenvalue weighted by atomic mass is 10.2. The van der Waals surface area contributed by atoms with Crippen LogP contribution in [0.25, 0.3) is 0 Å². The monoisotopic (exact) mass is 330 g/mol. The zero-order valence-electron chi connectivity index (χ0n) is 13.0. The fraction of sp³-hybridized carbons (Fsp3) is 0.235. The highest BCUT2D eigenvalue weighted by Gasteiger charge is 2.11. The number of nitro groups is 1. The second-order valence-corrected chi connectivity index (χ2v) is 6.27. The van der Waals surface area contributed by atoms with E-state index < -0.39 is 4.92 Å². The molecular weight excluding hydrogens is 312 g/mol. The Kier molecular flexibility index (Phi) is 5.76. The number of nitrogens with zero attached hydrogens (tertiary/aromatic N) is 1. The van der Waals surface area contributed by atoms with Crippen LogP contribution in [0.3, 0.4) is 0 Å². The predicted molar refractivity (Wildman–Crippen MR) is 93.8 cm³/mol. The maximum Gasteiger partial charge on any atom is 0.271 e. The highest BCUT2D eigenvalue weighted by atomic mass is 32.2. The maximum atomic E-state index is 12.0. The van der Waals surface area contributed by atoms with Crippen molar-refractivity contribution < 1.29 is 9.72 Å². The highest BCUT2D eigenvalue weighted by Crippen LogP contribution is 2.22. The Morgan fingerprint density at radius 3 is 2.70 bits per heavy atom. The third kappa shape index (κ3) is 5.10. The number of nitro benzene ring substituents is 1. The van der Waals surface area contributed by atoms with Gasteiger partial charge in [-0.1, -0.05) is 35.9 Å². The number of aryl methyl sites for hydroxylation is 2. The van der Waals surface area contributed by atoms with Gasteiger partial charge in [-0.15, -0.1) is 11.8 Å². The summed E-state index contributed by atoms with van der Waals surface area (Å²) in [6, 6.07) is 12.6. The minimum Gasteiger partial charge on any atom is -0.325 e. The van der Waals surface area contributed by atoms with Gasteiger partial charge in [-0.25, -0.2) is 0 Å². The van der Waals surface area contributed by atoms with Crippen molar-refractivity contribution in [3.63, 3.8) is 0 Å². The Labute approximate surface area is 139 Å². The number of hydrogen-bond acceptors (Lipinski definition) is 4. The van der Waals surface area contributed by atoms with E-state index in [2.05, 4.69) is 11.4 Å². The summed E-state index contributed by atoms with van der Waals surface area (Å²) >= 11 is 1.51. The first-order valence-corrected chi connectivity index (χ1v) is 8.29. The molecule has 0 radical (unpaired) electrons. The van der Waals surface area contributed by atoms with Crippen LogP contribution in [-0.2, 0) is 10.5 Å². The molecule has 2 aromatic carbocycles. The number of benzene rings is 2. The van der Waals surface area contributed by atoms with Gasteiger partial charge in [0, 0.05) is 17.9 Å². The first-order chi connectivity index (χ1) is 11.0. The van der Waals surface area contributed by atoms with Crippen LogP contribution in [0.1, 0.15) is 16.7 Å². The molecule has 0 aliphatic rings. The fourth-order valence-corrected chi connectivity index (χ4v) is 2.88. The van der Waals surface area contributed by atoms with Crippen molar-refractivity contribution >= 4 is 29.0 Å². The number of rotatable bonds is 6. The third-order valence-corrected chi connectivity index (χ3v) is 4.29. The summed E-state index contributed by atoms with van der Waals surface area (Å²) in [5.41, 5.74) is 3.63. The Morgan fingerprint density at radius 1 is 1.22 bits per heavy atom. The number of amides is 1. The molecule has 0 unspecified atom stereocenters. The number of hydrogen-bond donors (Lipinski definition) is 1. The van der Waals surface area contributed by atoms with E-state index in [1.165, 1.54) is 35.0 Å². The van der Waals surface area contributed by atoms with Gasteiger partial charge in [0.15, 0.2) is 0 Å². The summed E-state index contributed by atoms with van der Waals surface area (Å²) in [7, 11) is 0. The quantitative estimate of drug-likeness (QED) is 0.640. The van der Waals surface area contributed by atoms with Crippen molar-refractivity contribution in [3.05, 3.63) is 69.3 Å². The number of thioether (sulfide) groups is 1. The summed E-state index contributed by atoms with van der Waals surface area (Å²) in [6.07, 6.45) is 0. The molecule has 0 spiro atoms. The van der Waals surface area contributed by atoms with Crippen LogP contribution in [-0.4, -0.2) is 16.6 Å². The molecule has 0 aliphatic heterocycles. The number of non-ortho nitro benzene ring substituents is 1. The minimum absolute atomic E-state index is 0.0293. The Bertz CT molecular complexity index is 732. The molecule has 6 heteroatoms. The molecule has 0 aliphatic carbocycles. The van der Waals surface area contributed by atoms with E-state index in [0.717, 1.165) is 11.3 Å². The van der Waals surface area contributed by atoms with Crippen molar-refractivity contribution in [1.82, 2.24) is 0 Å². The van der Waals surface area contributed by atoms with Crippen molar-refractivity contribution in [2.45, 2.75) is 19.6 Å². The van der Waals surface area contributed by atoms with E-state index in [0.29, 0.717) is 11.4 Å². The van der Waals surface area contributed by atoms with Crippen LogP contribution in [0.5, 0.6) is 0 Å². The molecule has 2 rings (SSSR count). The van der Waals surface area contributed by atoms with Gasteiger partial charge in [-0.05, 0) is 25.0 Å². The molecule has 0 heterocycles. The number of anilines is 1. The van der Waals surface area contributed by atoms with E-state index in [9.17, 15) is 14.9 Å². The molecule has 0 saturated heterocycles. The molecule has 1 amide bonds. The van der Waals surface area contributed by atoms with Gasteiger partial charge in [0.05, 0.1) is 16.4 Å². The van der Waals surface area contributed by atoms with E-state index in [-0.39, 0.29) is 11.6 Å². The standard InChI is InChI=1S/C17H18N2O3S/c1-12-4-3-5-14(8-12)10-23-11-17(20)18-16-9-15(19(21)22)7-6-13(16)2/h3-9H,10-11H2,1-2H3,(H,18,20). The van der Waals surface area contributed by atoms with E-state index in [1.807, 2.05) is 25.1 Å². The second-order valence-electron chi connectivity index (χ2n) is 5.29. The van der Waals surface area contributed by atoms with Gasteiger partial charge in [0.25, 0.3) is 5.69 Å². The molecule has 5 nitrogen and oxygen atoms in total. The largest absolute Gasteiger partial charge is 0.325 e. The predicted octanol–water partition coefficient (Wildman–Crippen LogP) is 4.08. The number of carbonyl (C=O) groups is 1. The van der Waals surface area contributed by atoms with Gasteiger partial charge in [0.1, 0.15) is 0 Å². The van der Waals surface area contributed by atoms with Crippen molar-refractivity contribution in [2.75, 3.05) is 11.1 Å². The average molecular weight is 330 g/mol. The molecule has 0 atom stereocenters. The van der Waals surface area contributed by atoms with Gasteiger partial charge in [0.2, 0.25) is 5.91 Å². The van der Waals surface area contributed by atoms with Crippen molar-refractivity contribution in [3.8, 4) is 0 Å². The van der Waals surface area contributed by atoms with Crippen molar-refractivity contribution in [2.24, 2.45) is 0 Å². The Hall–Kier alpha value is -2.34. The van der Waals surface area contributed by atoms with E-state index >= 15 is 0 Å². The fourth-order valence-electron chi connectivity index (χ4n) is 2.11. The van der Waals surface area contributed by atoms with E-state index in [4.69, 9.17) is 0 Å². The lowest BCUT2D eigenvalue weighted by Crippen LogP contribution is -2.15. The molecule has 2 aromatic rings. The first-order valence-electron chi connectivity index (χ1n) is 7.14. The normalized spacial score (nSPS) is 10.3. The minimum atomic E-state index is -0.471. The lowest BCUT2D eigenvalue weighted by Gasteiger charge is -2.08. The molecule has 0 saturated carbocycles. The number of carbonyl (C=O) groups excluding carboxylic acids is 1. The van der Waals surface area contributed by atoms with Crippen LogP contribution in [0.15, 0.2) is 42.5 Å². The third-order valence-electron chi connectivity index (χ3n) is 3.29. The summed E-state index contributed by atoms with van der Waals surface area (Å²) in [4.78, 5) is 22.3. The van der Waals surface area contributed by atoms with Crippen LogP contribution in [0.2, 0.25) is 0 Å². The van der Waals surface area contributed by atoms with Crippen LogP contribution in [0.4, 0.5) is 11.4 Å².